The van der Waals surface area contributed by atoms with Crippen LogP contribution in [0.4, 0.5) is 0 Å². The van der Waals surface area contributed by atoms with E-state index < -0.39 is 13.7 Å². The Morgan fingerprint density at radius 2 is 1.81 bits per heavy atom. The van der Waals surface area contributed by atoms with E-state index in [2.05, 4.69) is 53.7 Å². The molecule has 0 spiro atoms. The Bertz CT molecular complexity index is 611. The van der Waals surface area contributed by atoms with Gasteiger partial charge in [0, 0.05) is 9.13 Å². The van der Waals surface area contributed by atoms with E-state index in [9.17, 15) is 4.79 Å². The van der Waals surface area contributed by atoms with Crippen LogP contribution < -0.4 is 0 Å². The second-order valence-corrected chi connectivity index (χ2v) is 13.1. The van der Waals surface area contributed by atoms with Crippen LogP contribution in [-0.2, 0) is 4.74 Å². The van der Waals surface area contributed by atoms with Crippen LogP contribution in [0.2, 0.25) is 19.6 Å². The zero-order valence-electron chi connectivity index (χ0n) is 13.8. The van der Waals surface area contributed by atoms with Gasteiger partial charge in [0.15, 0.2) is 0 Å². The van der Waals surface area contributed by atoms with Crippen molar-refractivity contribution in [2.75, 3.05) is 0 Å². The minimum atomic E-state index is -1.44. The molecule has 0 fully saturated rings. The Kier molecular flexibility index (Phi) is 5.67. The van der Waals surface area contributed by atoms with Gasteiger partial charge in [-0.2, -0.15) is 0 Å². The van der Waals surface area contributed by atoms with Crippen molar-refractivity contribution in [1.29, 1.82) is 0 Å². The van der Waals surface area contributed by atoms with Crippen molar-refractivity contribution in [2.24, 2.45) is 0 Å². The maximum Gasteiger partial charge on any atom is 0.338 e. The zero-order chi connectivity index (χ0) is 16.4. The van der Waals surface area contributed by atoms with Gasteiger partial charge in [0.2, 0.25) is 0 Å². The maximum atomic E-state index is 12.3. The molecule has 0 aliphatic carbocycles. The zero-order valence-corrected chi connectivity index (χ0v) is 17.0. The summed E-state index contributed by atoms with van der Waals surface area (Å²) in [7, 11) is -1.44. The van der Waals surface area contributed by atoms with Crippen LogP contribution in [0.25, 0.3) is 0 Å². The van der Waals surface area contributed by atoms with Crippen LogP contribution in [0.1, 0.15) is 42.3 Å². The van der Waals surface area contributed by atoms with Gasteiger partial charge < -0.3 is 4.74 Å². The predicted octanol–water partition coefficient (Wildman–Crippen LogP) is 4.78. The lowest BCUT2D eigenvalue weighted by molar-refractivity contribution is 0.00686. The monoisotopic (exact) mass is 414 g/mol. The Labute approximate surface area is 142 Å². The average Bonchev–Trinajstić information content (AvgIpc) is 2.26. The van der Waals surface area contributed by atoms with Gasteiger partial charge in [-0.25, -0.2) is 4.79 Å². The number of rotatable bonds is 1. The van der Waals surface area contributed by atoms with Crippen LogP contribution in [0.3, 0.4) is 0 Å². The number of hydrogen-bond donors (Lipinski definition) is 0. The number of carbonyl (C=O) groups is 1. The minimum absolute atomic E-state index is 0.283. The molecule has 0 bridgehead atoms. The van der Waals surface area contributed by atoms with E-state index in [1.165, 1.54) is 0 Å². The molecule has 114 valence electrons. The molecule has 1 aromatic carbocycles. The molecule has 0 saturated heterocycles. The molecule has 4 heteroatoms. The highest BCUT2D eigenvalue weighted by Crippen LogP contribution is 2.21. The molecule has 0 heterocycles. The molecule has 0 unspecified atom stereocenters. The summed E-state index contributed by atoms with van der Waals surface area (Å²) >= 11 is 2.21. The lowest BCUT2D eigenvalue weighted by Crippen LogP contribution is -2.24. The first-order chi connectivity index (χ1) is 9.39. The molecule has 0 aliphatic rings. The molecule has 0 amide bonds. The fraction of sp³-hybridized carbons (Fsp3) is 0.471. The highest BCUT2D eigenvalue weighted by atomic mass is 127. The number of ether oxygens (including phenoxy) is 1. The SMILES string of the molecule is Cc1c(C#C[Si](C)(C)C)cc(I)cc1C(=O)OC(C)(C)C. The van der Waals surface area contributed by atoms with Gasteiger partial charge in [0.25, 0.3) is 0 Å². The van der Waals surface area contributed by atoms with Crippen molar-refractivity contribution in [1.82, 2.24) is 0 Å². The summed E-state index contributed by atoms with van der Waals surface area (Å²) in [5.41, 5.74) is 5.29. The minimum Gasteiger partial charge on any atom is -0.456 e. The van der Waals surface area contributed by atoms with Crippen LogP contribution in [0, 0.1) is 22.0 Å². The van der Waals surface area contributed by atoms with Crippen LogP contribution in [-0.4, -0.2) is 19.6 Å². The molecule has 0 aromatic heterocycles. The van der Waals surface area contributed by atoms with Gasteiger partial charge in [0.05, 0.1) is 5.56 Å². The van der Waals surface area contributed by atoms with E-state index in [0.29, 0.717) is 5.56 Å². The maximum absolute atomic E-state index is 12.3. The third kappa shape index (κ3) is 6.23. The number of esters is 1. The summed E-state index contributed by atoms with van der Waals surface area (Å²) < 4.78 is 6.48. The fourth-order valence-electron chi connectivity index (χ4n) is 1.61. The Balaban J connectivity index is 3.27. The van der Waals surface area contributed by atoms with Crippen molar-refractivity contribution in [3.8, 4) is 11.5 Å². The number of halogens is 1. The smallest absolute Gasteiger partial charge is 0.338 e. The predicted molar refractivity (Wildman–Crippen MR) is 99.3 cm³/mol. The number of benzene rings is 1. The first kappa shape index (κ1) is 18.2. The standard InChI is InChI=1S/C17H23IO2Si/c1-12-13(8-9-21(5,6)7)10-14(18)11-15(12)16(19)20-17(2,3)4/h10-11H,1-7H3. The molecule has 0 N–H and O–H groups in total. The summed E-state index contributed by atoms with van der Waals surface area (Å²) in [5, 5.41) is 0. The van der Waals surface area contributed by atoms with Crippen molar-refractivity contribution < 1.29 is 9.53 Å². The largest absolute Gasteiger partial charge is 0.456 e. The molecule has 0 saturated carbocycles. The van der Waals surface area contributed by atoms with E-state index >= 15 is 0 Å². The van der Waals surface area contributed by atoms with Crippen LogP contribution in [0.5, 0.6) is 0 Å². The molecule has 0 atom stereocenters. The van der Waals surface area contributed by atoms with Crippen molar-refractivity contribution in [3.05, 3.63) is 32.4 Å². The second-order valence-electron chi connectivity index (χ2n) is 7.13. The Hall–Kier alpha value is -0.803. The molecule has 21 heavy (non-hydrogen) atoms. The van der Waals surface area contributed by atoms with Crippen molar-refractivity contribution in [2.45, 2.75) is 52.9 Å². The van der Waals surface area contributed by atoms with Gasteiger partial charge >= 0.3 is 5.97 Å². The second kappa shape index (κ2) is 6.53. The molecule has 1 rings (SSSR count). The molecule has 0 aliphatic heterocycles. The highest BCUT2D eigenvalue weighted by molar-refractivity contribution is 14.1. The molecular weight excluding hydrogens is 391 g/mol. The molecule has 1 aromatic rings. The van der Waals surface area contributed by atoms with Crippen LogP contribution in [0.15, 0.2) is 12.1 Å². The quantitative estimate of drug-likeness (QED) is 0.286. The molecular formula is C17H23IO2Si. The van der Waals surface area contributed by atoms with E-state index in [1.807, 2.05) is 39.8 Å². The summed E-state index contributed by atoms with van der Waals surface area (Å²) in [6.07, 6.45) is 0. The topological polar surface area (TPSA) is 26.3 Å². The normalized spacial score (nSPS) is 11.6. The van der Waals surface area contributed by atoms with E-state index in [0.717, 1.165) is 14.7 Å². The van der Waals surface area contributed by atoms with E-state index in [4.69, 9.17) is 4.74 Å². The summed E-state index contributed by atoms with van der Waals surface area (Å²) in [6.45, 7) is 14.2. The number of carbonyl (C=O) groups excluding carboxylic acids is 1. The third-order valence-corrected chi connectivity index (χ3v) is 4.06. The van der Waals surface area contributed by atoms with Gasteiger partial charge in [0.1, 0.15) is 13.7 Å². The number of hydrogen-bond acceptors (Lipinski definition) is 2. The van der Waals surface area contributed by atoms with Gasteiger partial charge in [-0.1, -0.05) is 25.6 Å². The lowest BCUT2D eigenvalue weighted by atomic mass is 10.0. The van der Waals surface area contributed by atoms with Gasteiger partial charge in [-0.05, 0) is 68.0 Å². The molecule has 2 nitrogen and oxygen atoms in total. The van der Waals surface area contributed by atoms with Gasteiger partial charge in [-0.15, -0.1) is 5.54 Å². The lowest BCUT2D eigenvalue weighted by Gasteiger charge is -2.20. The van der Waals surface area contributed by atoms with E-state index in [1.54, 1.807) is 0 Å². The summed E-state index contributed by atoms with van der Waals surface area (Å²) in [6, 6.07) is 3.89. The fourth-order valence-corrected chi connectivity index (χ4v) is 2.74. The van der Waals surface area contributed by atoms with Gasteiger partial charge in [-0.3, -0.25) is 0 Å². The van der Waals surface area contributed by atoms with Crippen LogP contribution >= 0.6 is 22.6 Å². The van der Waals surface area contributed by atoms with E-state index in [-0.39, 0.29) is 5.97 Å². The summed E-state index contributed by atoms with van der Waals surface area (Å²) in [5.74, 6) is 2.97. The Morgan fingerprint density at radius 3 is 2.29 bits per heavy atom. The molecule has 0 radical (unpaired) electrons. The first-order valence-electron chi connectivity index (χ1n) is 6.96. The third-order valence-electron chi connectivity index (χ3n) is 2.56. The first-order valence-corrected chi connectivity index (χ1v) is 11.5. The van der Waals surface area contributed by atoms with Crippen molar-refractivity contribution >= 4 is 36.6 Å². The highest BCUT2D eigenvalue weighted by Gasteiger charge is 2.21. The average molecular weight is 414 g/mol. The summed E-state index contributed by atoms with van der Waals surface area (Å²) in [4.78, 5) is 12.3. The Morgan fingerprint density at radius 1 is 1.24 bits per heavy atom. The van der Waals surface area contributed by atoms with Crippen molar-refractivity contribution in [3.63, 3.8) is 0 Å².